The van der Waals surface area contributed by atoms with Crippen molar-refractivity contribution < 1.29 is 4.74 Å². The van der Waals surface area contributed by atoms with Crippen LogP contribution in [0.1, 0.15) is 27.1 Å². The molecule has 0 saturated heterocycles. The van der Waals surface area contributed by atoms with Gasteiger partial charge in [0.1, 0.15) is 0 Å². The molecule has 1 unspecified atom stereocenters. The minimum Gasteiger partial charge on any atom is -0.380 e. The SMILES string of the molecule is Cc1cc(C)c2c(c1)C(Br)COCC2. The minimum absolute atomic E-state index is 0.360. The van der Waals surface area contributed by atoms with Crippen molar-refractivity contribution in [3.63, 3.8) is 0 Å². The van der Waals surface area contributed by atoms with Gasteiger partial charge in [-0.05, 0) is 37.0 Å². The zero-order valence-electron chi connectivity index (χ0n) is 8.64. The Morgan fingerprint density at radius 2 is 2.14 bits per heavy atom. The Morgan fingerprint density at radius 3 is 2.93 bits per heavy atom. The van der Waals surface area contributed by atoms with Crippen LogP contribution in [0.5, 0.6) is 0 Å². The van der Waals surface area contributed by atoms with E-state index in [9.17, 15) is 0 Å². The van der Waals surface area contributed by atoms with Gasteiger partial charge in [0.05, 0.1) is 18.0 Å². The van der Waals surface area contributed by atoms with Gasteiger partial charge in [0, 0.05) is 0 Å². The highest BCUT2D eigenvalue weighted by molar-refractivity contribution is 9.09. The van der Waals surface area contributed by atoms with Gasteiger partial charge in [0.2, 0.25) is 0 Å². The van der Waals surface area contributed by atoms with Crippen molar-refractivity contribution in [1.29, 1.82) is 0 Å². The molecule has 0 saturated carbocycles. The fraction of sp³-hybridized carbons (Fsp3) is 0.500. The lowest BCUT2D eigenvalue weighted by molar-refractivity contribution is 0.145. The van der Waals surface area contributed by atoms with Crippen molar-refractivity contribution in [2.45, 2.75) is 25.1 Å². The Kier molecular flexibility index (Phi) is 2.93. The lowest BCUT2D eigenvalue weighted by atomic mass is 9.95. The van der Waals surface area contributed by atoms with E-state index in [2.05, 4.69) is 41.9 Å². The van der Waals surface area contributed by atoms with Gasteiger partial charge in [0.25, 0.3) is 0 Å². The monoisotopic (exact) mass is 254 g/mol. The van der Waals surface area contributed by atoms with E-state index in [1.54, 1.807) is 0 Å². The summed E-state index contributed by atoms with van der Waals surface area (Å²) in [6, 6.07) is 4.53. The van der Waals surface area contributed by atoms with E-state index in [0.29, 0.717) is 4.83 Å². The van der Waals surface area contributed by atoms with Crippen molar-refractivity contribution in [3.05, 3.63) is 34.4 Å². The Bertz CT molecular complexity index is 346. The van der Waals surface area contributed by atoms with Gasteiger partial charge in [-0.3, -0.25) is 0 Å². The predicted molar refractivity (Wildman–Crippen MR) is 62.1 cm³/mol. The second-order valence-corrected chi connectivity index (χ2v) is 5.05. The maximum absolute atomic E-state index is 5.54. The van der Waals surface area contributed by atoms with Crippen molar-refractivity contribution >= 4 is 15.9 Å². The first-order valence-corrected chi connectivity index (χ1v) is 5.92. The zero-order chi connectivity index (χ0) is 10.1. The van der Waals surface area contributed by atoms with E-state index in [4.69, 9.17) is 4.74 Å². The lowest BCUT2D eigenvalue weighted by Gasteiger charge is -2.13. The van der Waals surface area contributed by atoms with Gasteiger partial charge >= 0.3 is 0 Å². The van der Waals surface area contributed by atoms with Crippen molar-refractivity contribution in [3.8, 4) is 0 Å². The molecular weight excluding hydrogens is 240 g/mol. The van der Waals surface area contributed by atoms with E-state index in [0.717, 1.165) is 19.6 Å². The Balaban J connectivity index is 2.53. The molecule has 14 heavy (non-hydrogen) atoms. The van der Waals surface area contributed by atoms with Crippen LogP contribution in [0.2, 0.25) is 0 Å². The second-order valence-electron chi connectivity index (χ2n) is 3.94. The summed E-state index contributed by atoms with van der Waals surface area (Å²) >= 11 is 3.68. The van der Waals surface area contributed by atoms with Crippen molar-refractivity contribution in [2.75, 3.05) is 13.2 Å². The Hall–Kier alpha value is -0.340. The number of aryl methyl sites for hydroxylation is 2. The van der Waals surface area contributed by atoms with E-state index in [1.807, 2.05) is 0 Å². The molecule has 0 aromatic heterocycles. The summed E-state index contributed by atoms with van der Waals surface area (Å²) in [5.41, 5.74) is 5.62. The minimum atomic E-state index is 0.360. The summed E-state index contributed by atoms with van der Waals surface area (Å²) in [5, 5.41) is 0. The quantitative estimate of drug-likeness (QED) is 0.646. The molecule has 2 heteroatoms. The molecule has 0 amide bonds. The molecule has 1 aromatic carbocycles. The lowest BCUT2D eigenvalue weighted by Crippen LogP contribution is -2.00. The third kappa shape index (κ3) is 1.86. The average molecular weight is 255 g/mol. The Labute approximate surface area is 93.6 Å². The Morgan fingerprint density at radius 1 is 1.36 bits per heavy atom. The average Bonchev–Trinajstić information content (AvgIpc) is 2.29. The zero-order valence-corrected chi connectivity index (χ0v) is 10.2. The summed E-state index contributed by atoms with van der Waals surface area (Å²) < 4.78 is 5.54. The van der Waals surface area contributed by atoms with Crippen LogP contribution in [0.15, 0.2) is 12.1 Å². The number of ether oxygens (including phenoxy) is 1. The molecular formula is C12H15BrO. The predicted octanol–water partition coefficient (Wildman–Crippen LogP) is 3.31. The molecule has 1 aliphatic heterocycles. The number of hydrogen-bond acceptors (Lipinski definition) is 1. The summed E-state index contributed by atoms with van der Waals surface area (Å²) in [4.78, 5) is 0.360. The summed E-state index contributed by atoms with van der Waals surface area (Å²) in [7, 11) is 0. The molecule has 0 fully saturated rings. The number of alkyl halides is 1. The maximum atomic E-state index is 5.54. The first kappa shape index (κ1) is 10.2. The highest BCUT2D eigenvalue weighted by Gasteiger charge is 2.18. The highest BCUT2D eigenvalue weighted by atomic mass is 79.9. The van der Waals surface area contributed by atoms with Crippen LogP contribution in [0.4, 0.5) is 0 Å². The third-order valence-corrected chi connectivity index (χ3v) is 3.51. The van der Waals surface area contributed by atoms with Crippen LogP contribution in [-0.4, -0.2) is 13.2 Å². The van der Waals surface area contributed by atoms with Crippen LogP contribution in [-0.2, 0) is 11.2 Å². The molecule has 1 aliphatic rings. The van der Waals surface area contributed by atoms with Gasteiger partial charge in [-0.15, -0.1) is 0 Å². The van der Waals surface area contributed by atoms with Crippen molar-refractivity contribution in [2.24, 2.45) is 0 Å². The molecule has 76 valence electrons. The largest absolute Gasteiger partial charge is 0.380 e. The smallest absolute Gasteiger partial charge is 0.0632 e. The molecule has 0 radical (unpaired) electrons. The van der Waals surface area contributed by atoms with E-state index >= 15 is 0 Å². The summed E-state index contributed by atoms with van der Waals surface area (Å²) in [6.07, 6.45) is 1.05. The fourth-order valence-electron chi connectivity index (χ4n) is 2.10. The number of hydrogen-bond donors (Lipinski definition) is 0. The molecule has 0 spiro atoms. The standard InChI is InChI=1S/C12H15BrO/c1-8-5-9(2)10-3-4-14-7-12(13)11(10)6-8/h5-6,12H,3-4,7H2,1-2H3. The molecule has 1 heterocycles. The number of halogens is 1. The van der Waals surface area contributed by atoms with E-state index in [1.165, 1.54) is 22.3 Å². The van der Waals surface area contributed by atoms with Crippen LogP contribution < -0.4 is 0 Å². The molecule has 2 rings (SSSR count). The van der Waals surface area contributed by atoms with Crippen molar-refractivity contribution in [1.82, 2.24) is 0 Å². The summed E-state index contributed by atoms with van der Waals surface area (Å²) in [5.74, 6) is 0. The van der Waals surface area contributed by atoms with Crippen LogP contribution in [0, 0.1) is 13.8 Å². The first-order valence-electron chi connectivity index (χ1n) is 5.00. The summed E-state index contributed by atoms with van der Waals surface area (Å²) in [6.45, 7) is 5.98. The van der Waals surface area contributed by atoms with Gasteiger partial charge in [-0.2, -0.15) is 0 Å². The van der Waals surface area contributed by atoms with Gasteiger partial charge in [0.15, 0.2) is 0 Å². The number of benzene rings is 1. The maximum Gasteiger partial charge on any atom is 0.0632 e. The van der Waals surface area contributed by atoms with Gasteiger partial charge < -0.3 is 4.74 Å². The molecule has 0 N–H and O–H groups in total. The van der Waals surface area contributed by atoms with Gasteiger partial charge in [-0.1, -0.05) is 33.6 Å². The fourth-order valence-corrected chi connectivity index (χ4v) is 2.70. The molecule has 1 aromatic rings. The molecule has 0 bridgehead atoms. The number of fused-ring (bicyclic) bond motifs is 1. The van der Waals surface area contributed by atoms with Gasteiger partial charge in [-0.25, -0.2) is 0 Å². The molecule has 0 aliphatic carbocycles. The molecule has 1 atom stereocenters. The van der Waals surface area contributed by atoms with Crippen LogP contribution in [0.25, 0.3) is 0 Å². The topological polar surface area (TPSA) is 9.23 Å². The van der Waals surface area contributed by atoms with E-state index in [-0.39, 0.29) is 0 Å². The highest BCUT2D eigenvalue weighted by Crippen LogP contribution is 2.31. The van der Waals surface area contributed by atoms with Crippen LogP contribution in [0.3, 0.4) is 0 Å². The third-order valence-electron chi connectivity index (χ3n) is 2.75. The normalized spacial score (nSPS) is 21.5. The van der Waals surface area contributed by atoms with E-state index < -0.39 is 0 Å². The number of rotatable bonds is 0. The second kappa shape index (κ2) is 4.03. The van der Waals surface area contributed by atoms with Crippen LogP contribution >= 0.6 is 15.9 Å². The first-order chi connectivity index (χ1) is 6.68. The molecule has 1 nitrogen and oxygen atoms in total.